The van der Waals surface area contributed by atoms with Crippen LogP contribution in [-0.4, -0.2) is 4.98 Å². The van der Waals surface area contributed by atoms with Gasteiger partial charge in [0, 0.05) is 23.4 Å². The molecule has 4 heteroatoms. The lowest BCUT2D eigenvalue weighted by Crippen LogP contribution is -2.01. The first-order valence-electron chi connectivity index (χ1n) is 5.12. The zero-order chi connectivity index (χ0) is 12.1. The molecule has 0 saturated carbocycles. The summed E-state index contributed by atoms with van der Waals surface area (Å²) in [5, 5.41) is 12.3. The third-order valence-corrected chi connectivity index (χ3v) is 2.99. The quantitative estimate of drug-likeness (QED) is 0.942. The lowest BCUT2D eigenvalue weighted by Gasteiger charge is -2.08. The Kier molecular flexibility index (Phi) is 3.73. The number of hydrogen-bond acceptors (Lipinski definition) is 3. The number of pyridine rings is 1. The van der Waals surface area contributed by atoms with E-state index in [0.29, 0.717) is 12.1 Å². The molecular formula is C13H10BrN3. The van der Waals surface area contributed by atoms with Gasteiger partial charge in [-0.05, 0) is 39.7 Å². The summed E-state index contributed by atoms with van der Waals surface area (Å²) in [6, 6.07) is 11.7. The van der Waals surface area contributed by atoms with Crippen LogP contribution in [0.25, 0.3) is 0 Å². The van der Waals surface area contributed by atoms with Crippen molar-refractivity contribution < 1.29 is 0 Å². The van der Waals surface area contributed by atoms with Crippen molar-refractivity contribution in [2.45, 2.75) is 6.54 Å². The zero-order valence-corrected chi connectivity index (χ0v) is 10.6. The first-order valence-corrected chi connectivity index (χ1v) is 5.92. The van der Waals surface area contributed by atoms with Crippen molar-refractivity contribution in [1.29, 1.82) is 5.26 Å². The van der Waals surface area contributed by atoms with Crippen LogP contribution >= 0.6 is 15.9 Å². The van der Waals surface area contributed by atoms with E-state index >= 15 is 0 Å². The van der Waals surface area contributed by atoms with Gasteiger partial charge in [0.15, 0.2) is 0 Å². The number of anilines is 1. The maximum Gasteiger partial charge on any atom is 0.103 e. The molecule has 1 aromatic carbocycles. The molecule has 0 radical (unpaired) electrons. The Morgan fingerprint density at radius 3 is 2.88 bits per heavy atom. The second kappa shape index (κ2) is 5.46. The van der Waals surface area contributed by atoms with Gasteiger partial charge in [-0.3, -0.25) is 4.98 Å². The average Bonchev–Trinajstić information content (AvgIpc) is 2.37. The molecule has 1 heterocycles. The number of nitrogens with zero attached hydrogens (tertiary/aromatic N) is 2. The Morgan fingerprint density at radius 1 is 1.29 bits per heavy atom. The largest absolute Gasteiger partial charge is 0.380 e. The lowest BCUT2D eigenvalue weighted by molar-refractivity contribution is 1.11. The van der Waals surface area contributed by atoms with Gasteiger partial charge in [-0.25, -0.2) is 0 Å². The second-order valence-corrected chi connectivity index (χ2v) is 4.34. The van der Waals surface area contributed by atoms with Crippen LogP contribution < -0.4 is 5.32 Å². The zero-order valence-electron chi connectivity index (χ0n) is 9.02. The summed E-state index contributed by atoms with van der Waals surface area (Å²) in [6.45, 7) is 0.652. The maximum atomic E-state index is 9.06. The van der Waals surface area contributed by atoms with Gasteiger partial charge in [0.2, 0.25) is 0 Å². The Hall–Kier alpha value is -1.86. The minimum absolute atomic E-state index is 0.622. The molecule has 0 aliphatic rings. The smallest absolute Gasteiger partial charge is 0.103 e. The van der Waals surface area contributed by atoms with Gasteiger partial charge in [0.25, 0.3) is 0 Å². The van der Waals surface area contributed by atoms with E-state index in [1.165, 1.54) is 0 Å². The van der Waals surface area contributed by atoms with Gasteiger partial charge in [0.05, 0.1) is 11.3 Å². The summed E-state index contributed by atoms with van der Waals surface area (Å²) in [4.78, 5) is 4.04. The summed E-state index contributed by atoms with van der Waals surface area (Å²) in [6.07, 6.45) is 3.54. The first-order chi connectivity index (χ1) is 8.31. The summed E-state index contributed by atoms with van der Waals surface area (Å²) < 4.78 is 0.802. The number of aromatic nitrogens is 1. The van der Waals surface area contributed by atoms with Crippen LogP contribution in [0.3, 0.4) is 0 Å². The van der Waals surface area contributed by atoms with Crippen molar-refractivity contribution >= 4 is 21.6 Å². The monoisotopic (exact) mass is 287 g/mol. The van der Waals surface area contributed by atoms with E-state index in [1.54, 1.807) is 12.4 Å². The Balaban J connectivity index is 2.15. The van der Waals surface area contributed by atoms with Crippen molar-refractivity contribution in [2.24, 2.45) is 0 Å². The molecule has 3 nitrogen and oxygen atoms in total. The van der Waals surface area contributed by atoms with Crippen molar-refractivity contribution in [3.8, 4) is 6.07 Å². The highest BCUT2D eigenvalue weighted by atomic mass is 79.9. The number of nitriles is 1. The molecular weight excluding hydrogens is 278 g/mol. The van der Waals surface area contributed by atoms with Crippen molar-refractivity contribution in [3.63, 3.8) is 0 Å². The minimum Gasteiger partial charge on any atom is -0.380 e. The van der Waals surface area contributed by atoms with Gasteiger partial charge in [-0.15, -0.1) is 0 Å². The van der Waals surface area contributed by atoms with Crippen LogP contribution in [0.2, 0.25) is 0 Å². The van der Waals surface area contributed by atoms with Crippen LogP contribution in [0.15, 0.2) is 47.2 Å². The van der Waals surface area contributed by atoms with Gasteiger partial charge in [0.1, 0.15) is 6.07 Å². The fraction of sp³-hybridized carbons (Fsp3) is 0.0769. The van der Waals surface area contributed by atoms with E-state index in [0.717, 1.165) is 15.7 Å². The highest BCUT2D eigenvalue weighted by Crippen LogP contribution is 2.24. The standard InChI is InChI=1S/C13H10BrN3/c14-12-4-1-5-13(11(12)7-15)17-9-10-3-2-6-16-8-10/h1-6,8,17H,9H2. The molecule has 0 bridgehead atoms. The molecule has 84 valence electrons. The molecule has 17 heavy (non-hydrogen) atoms. The predicted molar refractivity (Wildman–Crippen MR) is 70.4 cm³/mol. The molecule has 0 spiro atoms. The highest BCUT2D eigenvalue weighted by Gasteiger charge is 2.05. The number of benzene rings is 1. The van der Waals surface area contributed by atoms with Crippen LogP contribution in [0.4, 0.5) is 5.69 Å². The molecule has 0 aliphatic carbocycles. The van der Waals surface area contributed by atoms with Gasteiger partial charge in [-0.1, -0.05) is 12.1 Å². The number of rotatable bonds is 3. The number of hydrogen-bond donors (Lipinski definition) is 1. The van der Waals surface area contributed by atoms with Gasteiger partial charge in [-0.2, -0.15) is 5.26 Å². The predicted octanol–water partition coefficient (Wildman–Crippen LogP) is 3.33. The van der Waals surface area contributed by atoms with Crippen molar-refractivity contribution in [1.82, 2.24) is 4.98 Å². The van der Waals surface area contributed by atoms with Crippen molar-refractivity contribution in [3.05, 3.63) is 58.3 Å². The minimum atomic E-state index is 0.622. The Labute approximate surface area is 108 Å². The fourth-order valence-corrected chi connectivity index (χ4v) is 1.94. The number of halogens is 1. The first kappa shape index (κ1) is 11.6. The van der Waals surface area contributed by atoms with E-state index in [-0.39, 0.29) is 0 Å². The van der Waals surface area contributed by atoms with Gasteiger partial charge >= 0.3 is 0 Å². The van der Waals surface area contributed by atoms with E-state index in [1.807, 2.05) is 30.3 Å². The molecule has 0 atom stereocenters. The molecule has 0 saturated heterocycles. The third-order valence-electron chi connectivity index (χ3n) is 2.33. The van der Waals surface area contributed by atoms with Crippen LogP contribution in [-0.2, 0) is 6.54 Å². The molecule has 2 rings (SSSR count). The van der Waals surface area contributed by atoms with Crippen molar-refractivity contribution in [2.75, 3.05) is 5.32 Å². The molecule has 2 aromatic rings. The molecule has 1 N–H and O–H groups in total. The topological polar surface area (TPSA) is 48.7 Å². The molecule has 0 amide bonds. The SMILES string of the molecule is N#Cc1c(Br)cccc1NCc1cccnc1. The molecule has 0 unspecified atom stereocenters. The van der Waals surface area contributed by atoms with E-state index < -0.39 is 0 Å². The molecule has 0 aliphatic heterocycles. The number of nitrogens with one attached hydrogen (secondary N) is 1. The van der Waals surface area contributed by atoms with E-state index in [4.69, 9.17) is 5.26 Å². The maximum absolute atomic E-state index is 9.06. The second-order valence-electron chi connectivity index (χ2n) is 3.49. The van der Waals surface area contributed by atoms with Crippen LogP contribution in [0.1, 0.15) is 11.1 Å². The normalized spacial score (nSPS) is 9.65. The lowest BCUT2D eigenvalue weighted by atomic mass is 10.2. The summed E-state index contributed by atoms with van der Waals surface area (Å²) >= 11 is 3.36. The summed E-state index contributed by atoms with van der Waals surface area (Å²) in [7, 11) is 0. The Bertz CT molecular complexity index is 546. The van der Waals surface area contributed by atoms with Crippen LogP contribution in [0, 0.1) is 11.3 Å². The van der Waals surface area contributed by atoms with E-state index in [9.17, 15) is 0 Å². The highest BCUT2D eigenvalue weighted by molar-refractivity contribution is 9.10. The fourth-order valence-electron chi connectivity index (χ4n) is 1.49. The van der Waals surface area contributed by atoms with Crippen LogP contribution in [0.5, 0.6) is 0 Å². The molecule has 1 aromatic heterocycles. The average molecular weight is 288 g/mol. The van der Waals surface area contributed by atoms with Gasteiger partial charge < -0.3 is 5.32 Å². The summed E-state index contributed by atoms with van der Waals surface area (Å²) in [5.74, 6) is 0. The van der Waals surface area contributed by atoms with E-state index in [2.05, 4.69) is 32.3 Å². The summed E-state index contributed by atoms with van der Waals surface area (Å²) in [5.41, 5.74) is 2.53. The third kappa shape index (κ3) is 2.83. The Morgan fingerprint density at radius 2 is 2.18 bits per heavy atom. The molecule has 0 fully saturated rings.